The van der Waals surface area contributed by atoms with Gasteiger partial charge in [0.1, 0.15) is 0 Å². The van der Waals surface area contributed by atoms with E-state index in [2.05, 4.69) is 39.5 Å². The molecule has 5 rings (SSSR count). The van der Waals surface area contributed by atoms with Crippen molar-refractivity contribution in [2.75, 3.05) is 32.0 Å². The number of β-amino-alcohol motifs (C(OH)–C–C–N with tert-alkyl or cyclic N) is 1. The van der Waals surface area contributed by atoms with Crippen molar-refractivity contribution in [2.24, 2.45) is 0 Å². The van der Waals surface area contributed by atoms with Gasteiger partial charge in [0, 0.05) is 44.3 Å². The quantitative estimate of drug-likeness (QED) is 0.492. The minimum atomic E-state index is -0.313. The van der Waals surface area contributed by atoms with Gasteiger partial charge in [0.15, 0.2) is 0 Å². The Balaban J connectivity index is 1.39. The number of likely N-dealkylation sites (tertiary alicyclic amines) is 1. The Labute approximate surface area is 205 Å². The first-order chi connectivity index (χ1) is 16.9. The van der Waals surface area contributed by atoms with Crippen molar-refractivity contribution < 1.29 is 14.7 Å². The predicted molar refractivity (Wildman–Crippen MR) is 136 cm³/mol. The highest BCUT2D eigenvalue weighted by molar-refractivity contribution is 5.99. The lowest BCUT2D eigenvalue weighted by molar-refractivity contribution is -0.131. The highest BCUT2D eigenvalue weighted by atomic mass is 16.3. The minimum Gasteiger partial charge on any atom is -0.392 e. The summed E-state index contributed by atoms with van der Waals surface area (Å²) in [6.45, 7) is 4.14. The van der Waals surface area contributed by atoms with Crippen LogP contribution in [0.25, 0.3) is 11.1 Å². The minimum absolute atomic E-state index is 0.00837. The molecule has 35 heavy (non-hydrogen) atoms. The Morgan fingerprint density at radius 1 is 1.20 bits per heavy atom. The number of anilines is 1. The third kappa shape index (κ3) is 5.16. The summed E-state index contributed by atoms with van der Waals surface area (Å²) >= 11 is 0. The molecule has 2 atom stereocenters. The maximum atomic E-state index is 13.5. The van der Waals surface area contributed by atoms with Crippen LogP contribution in [0.2, 0.25) is 0 Å². The van der Waals surface area contributed by atoms with Crippen LogP contribution in [0.5, 0.6) is 0 Å². The van der Waals surface area contributed by atoms with E-state index < -0.39 is 0 Å². The summed E-state index contributed by atoms with van der Waals surface area (Å²) in [7, 11) is 1.86. The summed E-state index contributed by atoms with van der Waals surface area (Å²) in [5.74, 6) is 0.00729. The Morgan fingerprint density at radius 2 is 2.06 bits per heavy atom. The van der Waals surface area contributed by atoms with Crippen molar-refractivity contribution in [1.82, 2.24) is 14.8 Å². The van der Waals surface area contributed by atoms with Crippen LogP contribution in [0, 0.1) is 6.92 Å². The van der Waals surface area contributed by atoms with E-state index in [-0.39, 0.29) is 30.4 Å². The molecule has 3 aromatic rings. The fourth-order valence-electron chi connectivity index (χ4n) is 5.12. The Bertz CT molecular complexity index is 1250. The molecule has 0 radical (unpaired) electrons. The Hall–Kier alpha value is -3.42. The standard InChI is InChI=1S/C28H32N4O3/c1-18-10-23(15-29-18)20-4-3-5-22(13-20)26(17-32-9-8-24(33)16-32)31(2)28(35)12-19-6-7-21-14-27(34)30-25(21)11-19/h3-7,10-11,13,15,24,26,29,33H,8-9,12,14,16-17H2,1-2H3,(H,30,34)/t24-,26+/m0/s1. The lowest BCUT2D eigenvalue weighted by atomic mass is 9.98. The molecule has 2 aromatic carbocycles. The maximum Gasteiger partial charge on any atom is 0.228 e. The summed E-state index contributed by atoms with van der Waals surface area (Å²) in [5.41, 5.74) is 7.06. The predicted octanol–water partition coefficient (Wildman–Crippen LogP) is 3.29. The van der Waals surface area contributed by atoms with Gasteiger partial charge in [-0.3, -0.25) is 14.5 Å². The first-order valence-electron chi connectivity index (χ1n) is 12.2. The number of likely N-dealkylation sites (N-methyl/N-ethyl adjacent to an activating group) is 1. The lowest BCUT2D eigenvalue weighted by Gasteiger charge is -2.32. The van der Waals surface area contributed by atoms with Crippen molar-refractivity contribution in [1.29, 1.82) is 0 Å². The third-order valence-electron chi connectivity index (χ3n) is 7.13. The molecule has 1 saturated heterocycles. The van der Waals surface area contributed by atoms with Crippen molar-refractivity contribution >= 4 is 17.5 Å². The van der Waals surface area contributed by atoms with E-state index in [0.717, 1.165) is 52.2 Å². The first-order valence-corrected chi connectivity index (χ1v) is 12.2. The number of rotatable bonds is 7. The number of hydrogen-bond donors (Lipinski definition) is 3. The van der Waals surface area contributed by atoms with Gasteiger partial charge in [0.05, 0.1) is 25.0 Å². The zero-order valence-corrected chi connectivity index (χ0v) is 20.3. The molecule has 0 spiro atoms. The summed E-state index contributed by atoms with van der Waals surface area (Å²) in [6.07, 6.45) is 3.10. The Morgan fingerprint density at radius 3 is 2.80 bits per heavy atom. The number of aliphatic hydroxyl groups excluding tert-OH is 1. The number of amides is 2. The van der Waals surface area contributed by atoms with Crippen LogP contribution < -0.4 is 5.32 Å². The van der Waals surface area contributed by atoms with Gasteiger partial charge in [-0.15, -0.1) is 0 Å². The SMILES string of the molecule is Cc1cc(-c2cccc([C@@H](CN3CC[C@H](O)C3)N(C)C(=O)Cc3ccc4c(c3)NC(=O)C4)c2)c[nH]1. The van der Waals surface area contributed by atoms with Crippen LogP contribution in [0.1, 0.15) is 34.8 Å². The van der Waals surface area contributed by atoms with E-state index in [1.54, 1.807) is 0 Å². The molecular weight excluding hydrogens is 440 g/mol. The number of aromatic amines is 1. The second-order valence-electron chi connectivity index (χ2n) is 9.81. The molecule has 0 unspecified atom stereocenters. The number of carbonyl (C=O) groups excluding carboxylic acids is 2. The summed E-state index contributed by atoms with van der Waals surface area (Å²) in [4.78, 5) is 32.5. The van der Waals surface area contributed by atoms with E-state index in [1.165, 1.54) is 0 Å². The number of hydrogen-bond acceptors (Lipinski definition) is 4. The Kier molecular flexibility index (Phi) is 6.45. The van der Waals surface area contributed by atoms with Crippen molar-refractivity contribution in [3.05, 3.63) is 77.1 Å². The molecule has 0 saturated carbocycles. The molecule has 1 fully saturated rings. The van der Waals surface area contributed by atoms with Gasteiger partial charge >= 0.3 is 0 Å². The molecule has 0 aliphatic carbocycles. The smallest absolute Gasteiger partial charge is 0.228 e. The van der Waals surface area contributed by atoms with E-state index >= 15 is 0 Å². The molecule has 0 bridgehead atoms. The van der Waals surface area contributed by atoms with Gasteiger partial charge in [0.2, 0.25) is 11.8 Å². The van der Waals surface area contributed by atoms with E-state index in [1.807, 2.05) is 49.3 Å². The van der Waals surface area contributed by atoms with Crippen molar-refractivity contribution in [2.45, 2.75) is 38.3 Å². The van der Waals surface area contributed by atoms with E-state index in [0.29, 0.717) is 19.5 Å². The highest BCUT2D eigenvalue weighted by Crippen LogP contribution is 2.29. The van der Waals surface area contributed by atoms with Crippen molar-refractivity contribution in [3.8, 4) is 11.1 Å². The number of H-pyrrole nitrogens is 1. The number of nitrogens with one attached hydrogen (secondary N) is 2. The molecule has 1 aromatic heterocycles. The number of benzene rings is 2. The van der Waals surface area contributed by atoms with Gasteiger partial charge in [-0.2, -0.15) is 0 Å². The van der Waals surface area contributed by atoms with Crippen molar-refractivity contribution in [3.63, 3.8) is 0 Å². The molecule has 2 aliphatic rings. The fraction of sp³-hybridized carbons (Fsp3) is 0.357. The van der Waals surface area contributed by atoms with Gasteiger partial charge < -0.3 is 20.3 Å². The summed E-state index contributed by atoms with van der Waals surface area (Å²) < 4.78 is 0. The molecule has 7 heteroatoms. The molecule has 2 amide bonds. The lowest BCUT2D eigenvalue weighted by Crippen LogP contribution is -2.39. The zero-order chi connectivity index (χ0) is 24.5. The molecule has 2 aliphatic heterocycles. The van der Waals surface area contributed by atoms with E-state index in [4.69, 9.17) is 0 Å². The number of nitrogens with zero attached hydrogens (tertiary/aromatic N) is 2. The normalized spacial score (nSPS) is 18.4. The van der Waals surface area contributed by atoms with Gasteiger partial charge in [0.25, 0.3) is 0 Å². The number of carbonyl (C=O) groups is 2. The second kappa shape index (κ2) is 9.68. The second-order valence-corrected chi connectivity index (χ2v) is 9.81. The average molecular weight is 473 g/mol. The highest BCUT2D eigenvalue weighted by Gasteiger charge is 2.29. The monoisotopic (exact) mass is 472 g/mol. The van der Waals surface area contributed by atoms with Gasteiger partial charge in [-0.05, 0) is 59.4 Å². The zero-order valence-electron chi connectivity index (χ0n) is 20.3. The molecule has 3 heterocycles. The van der Waals surface area contributed by atoms with Gasteiger partial charge in [-0.25, -0.2) is 0 Å². The summed E-state index contributed by atoms with van der Waals surface area (Å²) in [6, 6.07) is 16.1. The van der Waals surface area contributed by atoms with Gasteiger partial charge in [-0.1, -0.05) is 30.3 Å². The molecular formula is C28H32N4O3. The number of aryl methyl sites for hydroxylation is 1. The molecule has 7 nitrogen and oxygen atoms in total. The number of aromatic nitrogens is 1. The number of fused-ring (bicyclic) bond motifs is 1. The third-order valence-corrected chi connectivity index (χ3v) is 7.13. The summed E-state index contributed by atoms with van der Waals surface area (Å²) in [5, 5.41) is 12.9. The first kappa shape index (κ1) is 23.3. The van der Waals surface area contributed by atoms with Crippen LogP contribution in [0.4, 0.5) is 5.69 Å². The topological polar surface area (TPSA) is 88.7 Å². The molecule has 182 valence electrons. The van der Waals surface area contributed by atoms with Crippen LogP contribution in [-0.4, -0.2) is 64.5 Å². The average Bonchev–Trinajstić information content (AvgIpc) is 3.56. The van der Waals surface area contributed by atoms with E-state index in [9.17, 15) is 14.7 Å². The van der Waals surface area contributed by atoms with Crippen LogP contribution in [0.3, 0.4) is 0 Å². The largest absolute Gasteiger partial charge is 0.392 e. The van der Waals surface area contributed by atoms with Crippen LogP contribution in [-0.2, 0) is 22.4 Å². The van der Waals surface area contributed by atoms with Crippen LogP contribution in [0.15, 0.2) is 54.7 Å². The maximum absolute atomic E-state index is 13.5. The van der Waals surface area contributed by atoms with Crippen LogP contribution >= 0.6 is 0 Å². The number of aliphatic hydroxyl groups is 1. The fourth-order valence-corrected chi connectivity index (χ4v) is 5.12. The molecule has 3 N–H and O–H groups in total.